The van der Waals surface area contributed by atoms with Gasteiger partial charge in [-0.3, -0.25) is 0 Å². The van der Waals surface area contributed by atoms with Gasteiger partial charge < -0.3 is 16.1 Å². The van der Waals surface area contributed by atoms with Crippen LogP contribution in [-0.2, 0) is 4.79 Å². The summed E-state index contributed by atoms with van der Waals surface area (Å²) in [7, 11) is 0. The van der Waals surface area contributed by atoms with E-state index in [-0.39, 0.29) is 12.6 Å². The van der Waals surface area contributed by atoms with Crippen LogP contribution in [0.15, 0.2) is 0 Å². The topological polar surface area (TPSA) is 76.6 Å². The lowest BCUT2D eigenvalue weighted by molar-refractivity contribution is -0.305. The normalized spacial score (nSPS) is 8.11. The molecule has 4 N–H and O–H groups in total. The SMILES string of the molecule is CCCCCC(=O)[O-].[NH4+]. The summed E-state index contributed by atoms with van der Waals surface area (Å²) < 4.78 is 0. The van der Waals surface area contributed by atoms with Crippen LogP contribution in [0.25, 0.3) is 0 Å². The minimum Gasteiger partial charge on any atom is -0.550 e. The van der Waals surface area contributed by atoms with Crippen LogP contribution in [0.4, 0.5) is 0 Å². The van der Waals surface area contributed by atoms with Gasteiger partial charge in [-0.2, -0.15) is 0 Å². The molecule has 9 heavy (non-hydrogen) atoms. The smallest absolute Gasteiger partial charge is 0.0414 e. The molecule has 0 radical (unpaired) electrons. The fourth-order valence-electron chi connectivity index (χ4n) is 0.519. The van der Waals surface area contributed by atoms with E-state index in [0.29, 0.717) is 0 Å². The molecular weight excluding hydrogens is 118 g/mol. The van der Waals surface area contributed by atoms with E-state index in [0.717, 1.165) is 19.3 Å². The van der Waals surface area contributed by atoms with E-state index in [9.17, 15) is 9.90 Å². The molecule has 0 spiro atoms. The number of unbranched alkanes of at least 4 members (excludes halogenated alkanes) is 2. The fourth-order valence-corrected chi connectivity index (χ4v) is 0.519. The number of hydrogen-bond donors (Lipinski definition) is 1. The van der Waals surface area contributed by atoms with Gasteiger partial charge in [-0.1, -0.05) is 19.8 Å². The molecule has 3 nitrogen and oxygen atoms in total. The summed E-state index contributed by atoms with van der Waals surface area (Å²) in [4.78, 5) is 9.76. The number of quaternary nitrogens is 1. The highest BCUT2D eigenvalue weighted by atomic mass is 16.4. The van der Waals surface area contributed by atoms with Crippen molar-refractivity contribution in [1.82, 2.24) is 6.15 Å². The predicted octanol–water partition coefficient (Wildman–Crippen LogP) is 0.693. The molecule has 0 aromatic heterocycles. The number of hydrogen-bond acceptors (Lipinski definition) is 2. The van der Waals surface area contributed by atoms with Crippen LogP contribution < -0.4 is 11.3 Å². The van der Waals surface area contributed by atoms with Gasteiger partial charge in [-0.05, 0) is 12.8 Å². The first-order chi connectivity index (χ1) is 3.77. The molecule has 0 rings (SSSR count). The quantitative estimate of drug-likeness (QED) is 0.573. The van der Waals surface area contributed by atoms with Crippen LogP contribution in [0.5, 0.6) is 0 Å². The number of rotatable bonds is 4. The van der Waals surface area contributed by atoms with E-state index in [2.05, 4.69) is 0 Å². The largest absolute Gasteiger partial charge is 0.550 e. The van der Waals surface area contributed by atoms with E-state index in [1.807, 2.05) is 6.92 Å². The summed E-state index contributed by atoms with van der Waals surface area (Å²) in [5.74, 6) is -0.932. The first-order valence-corrected chi connectivity index (χ1v) is 2.97. The van der Waals surface area contributed by atoms with Gasteiger partial charge in [0.1, 0.15) is 0 Å². The minimum absolute atomic E-state index is 0. The van der Waals surface area contributed by atoms with Gasteiger partial charge in [0.2, 0.25) is 0 Å². The second-order valence-corrected chi connectivity index (χ2v) is 1.83. The third kappa shape index (κ3) is 11.2. The average molecular weight is 133 g/mol. The molecule has 3 heteroatoms. The summed E-state index contributed by atoms with van der Waals surface area (Å²) in [6.07, 6.45) is 3.04. The second-order valence-electron chi connectivity index (χ2n) is 1.83. The van der Waals surface area contributed by atoms with Crippen molar-refractivity contribution in [3.8, 4) is 0 Å². The zero-order valence-corrected chi connectivity index (χ0v) is 6.14. The van der Waals surface area contributed by atoms with Gasteiger partial charge in [0.15, 0.2) is 0 Å². The fraction of sp³-hybridized carbons (Fsp3) is 0.833. The first kappa shape index (κ1) is 11.3. The first-order valence-electron chi connectivity index (χ1n) is 2.97. The second kappa shape index (κ2) is 7.43. The van der Waals surface area contributed by atoms with Crippen LogP contribution in [-0.4, -0.2) is 5.97 Å². The number of aliphatic carboxylic acids is 1. The standard InChI is InChI=1S/C6H12O2.H3N/c1-2-3-4-5-6(7)8;/h2-5H2,1H3,(H,7,8);1H3. The number of carbonyl (C=O) groups is 1. The van der Waals surface area contributed by atoms with Crippen molar-refractivity contribution in [2.45, 2.75) is 32.6 Å². The number of carbonyl (C=O) groups excluding carboxylic acids is 1. The molecule has 0 aliphatic carbocycles. The lowest BCUT2D eigenvalue weighted by atomic mass is 10.2. The minimum atomic E-state index is -0.932. The van der Waals surface area contributed by atoms with E-state index >= 15 is 0 Å². The Morgan fingerprint density at radius 3 is 2.33 bits per heavy atom. The van der Waals surface area contributed by atoms with Crippen molar-refractivity contribution < 1.29 is 9.90 Å². The lowest BCUT2D eigenvalue weighted by Crippen LogP contribution is -2.21. The molecule has 0 heterocycles. The van der Waals surface area contributed by atoms with Gasteiger partial charge in [-0.15, -0.1) is 0 Å². The predicted molar refractivity (Wildman–Crippen MR) is 35.1 cm³/mol. The summed E-state index contributed by atoms with van der Waals surface area (Å²) >= 11 is 0. The Morgan fingerprint density at radius 1 is 1.44 bits per heavy atom. The zero-order valence-electron chi connectivity index (χ0n) is 6.14. The van der Waals surface area contributed by atoms with Crippen molar-refractivity contribution in [1.29, 1.82) is 0 Å². The number of carboxylic acid groups (broad SMARTS) is 1. The van der Waals surface area contributed by atoms with Crippen LogP contribution >= 0.6 is 0 Å². The van der Waals surface area contributed by atoms with Crippen LogP contribution in [0.2, 0.25) is 0 Å². The van der Waals surface area contributed by atoms with Gasteiger partial charge >= 0.3 is 0 Å². The van der Waals surface area contributed by atoms with E-state index < -0.39 is 5.97 Å². The molecule has 0 atom stereocenters. The Kier molecular flexibility index (Phi) is 9.29. The Morgan fingerprint density at radius 2 is 2.00 bits per heavy atom. The third-order valence-corrected chi connectivity index (χ3v) is 0.984. The summed E-state index contributed by atoms with van der Waals surface area (Å²) in [6, 6.07) is 0. The molecule has 0 fully saturated rings. The van der Waals surface area contributed by atoms with E-state index in [1.54, 1.807) is 0 Å². The summed E-state index contributed by atoms with van der Waals surface area (Å²) in [5, 5.41) is 9.76. The average Bonchev–Trinajstić information content (AvgIpc) is 1.66. The van der Waals surface area contributed by atoms with Crippen LogP contribution in [0.3, 0.4) is 0 Å². The van der Waals surface area contributed by atoms with Crippen molar-refractivity contribution in [3.05, 3.63) is 0 Å². The van der Waals surface area contributed by atoms with Crippen molar-refractivity contribution >= 4 is 5.97 Å². The highest BCUT2D eigenvalue weighted by Gasteiger charge is 1.84. The maximum atomic E-state index is 9.76. The molecule has 56 valence electrons. The molecule has 0 aliphatic heterocycles. The van der Waals surface area contributed by atoms with Crippen molar-refractivity contribution in [3.63, 3.8) is 0 Å². The number of carboxylic acids is 1. The summed E-state index contributed by atoms with van der Waals surface area (Å²) in [6.45, 7) is 2.04. The monoisotopic (exact) mass is 133 g/mol. The Bertz CT molecular complexity index is 73.5. The van der Waals surface area contributed by atoms with Crippen molar-refractivity contribution in [2.75, 3.05) is 0 Å². The van der Waals surface area contributed by atoms with E-state index in [1.165, 1.54) is 0 Å². The van der Waals surface area contributed by atoms with Crippen molar-refractivity contribution in [2.24, 2.45) is 0 Å². The molecule has 0 unspecified atom stereocenters. The molecule has 0 amide bonds. The molecular formula is C6H15NO2. The zero-order chi connectivity index (χ0) is 6.41. The molecule has 0 aromatic rings. The lowest BCUT2D eigenvalue weighted by Gasteiger charge is -1.97. The molecule has 0 bridgehead atoms. The van der Waals surface area contributed by atoms with Gasteiger partial charge in [-0.25, -0.2) is 0 Å². The Labute approximate surface area is 55.7 Å². The van der Waals surface area contributed by atoms with Gasteiger partial charge in [0, 0.05) is 5.97 Å². The molecule has 0 saturated carbocycles. The Hall–Kier alpha value is -0.570. The molecule has 0 aliphatic rings. The van der Waals surface area contributed by atoms with Gasteiger partial charge in [0.25, 0.3) is 0 Å². The highest BCUT2D eigenvalue weighted by molar-refractivity contribution is 5.63. The highest BCUT2D eigenvalue weighted by Crippen LogP contribution is 1.96. The molecule has 0 saturated heterocycles. The molecule has 0 aromatic carbocycles. The third-order valence-electron chi connectivity index (χ3n) is 0.984. The maximum Gasteiger partial charge on any atom is 0.0414 e. The maximum absolute atomic E-state index is 9.76. The Balaban J connectivity index is 0. The van der Waals surface area contributed by atoms with Gasteiger partial charge in [0.05, 0.1) is 0 Å². The van der Waals surface area contributed by atoms with Crippen LogP contribution in [0.1, 0.15) is 32.6 Å². The van der Waals surface area contributed by atoms with E-state index in [4.69, 9.17) is 0 Å². The summed E-state index contributed by atoms with van der Waals surface area (Å²) in [5.41, 5.74) is 0. The van der Waals surface area contributed by atoms with Crippen LogP contribution in [0, 0.1) is 0 Å².